The van der Waals surface area contributed by atoms with E-state index in [1.807, 2.05) is 32.0 Å². The number of rotatable bonds is 5. The maximum atomic E-state index is 5.96. The highest BCUT2D eigenvalue weighted by atomic mass is 35.5. The lowest BCUT2D eigenvalue weighted by atomic mass is 10.1. The maximum absolute atomic E-state index is 5.96. The van der Waals surface area contributed by atoms with Gasteiger partial charge in [-0.15, -0.1) is 11.3 Å². The van der Waals surface area contributed by atoms with E-state index < -0.39 is 0 Å². The minimum Gasteiger partial charge on any atom is -0.489 e. The van der Waals surface area contributed by atoms with Crippen molar-refractivity contribution in [3.8, 4) is 5.75 Å². The van der Waals surface area contributed by atoms with E-state index in [0.717, 1.165) is 20.5 Å². The Morgan fingerprint density at radius 2 is 2.16 bits per heavy atom. The van der Waals surface area contributed by atoms with Crippen molar-refractivity contribution in [1.82, 2.24) is 10.4 Å². The van der Waals surface area contributed by atoms with Crippen LogP contribution in [0.5, 0.6) is 5.75 Å². The van der Waals surface area contributed by atoms with Gasteiger partial charge in [0.05, 0.1) is 22.7 Å². The summed E-state index contributed by atoms with van der Waals surface area (Å²) in [6, 6.07) is 5.60. The molecule has 0 saturated carbocycles. The van der Waals surface area contributed by atoms with Gasteiger partial charge in [-0.05, 0) is 37.6 Å². The molecule has 0 radical (unpaired) electrons. The molecule has 1 atom stereocenters. The van der Waals surface area contributed by atoms with Gasteiger partial charge in [0.15, 0.2) is 0 Å². The number of nitrogens with one attached hydrogen (secondary N) is 1. The van der Waals surface area contributed by atoms with Crippen molar-refractivity contribution in [1.29, 1.82) is 0 Å². The summed E-state index contributed by atoms with van der Waals surface area (Å²) in [6.07, 6.45) is 3.57. The second kappa shape index (κ2) is 6.34. The van der Waals surface area contributed by atoms with Crippen LogP contribution >= 0.6 is 22.9 Å². The first-order valence-electron chi connectivity index (χ1n) is 5.93. The van der Waals surface area contributed by atoms with Gasteiger partial charge in [0.25, 0.3) is 0 Å². The van der Waals surface area contributed by atoms with E-state index in [2.05, 4.69) is 10.4 Å². The van der Waals surface area contributed by atoms with Crippen LogP contribution in [0.3, 0.4) is 0 Å². The summed E-state index contributed by atoms with van der Waals surface area (Å²) in [5.41, 5.74) is 3.73. The van der Waals surface area contributed by atoms with E-state index in [0.29, 0.717) is 0 Å². The molecule has 2 heterocycles. The van der Waals surface area contributed by atoms with Gasteiger partial charge in [-0.1, -0.05) is 11.6 Å². The third-order valence-corrected chi connectivity index (χ3v) is 3.78. The second-order valence-corrected chi connectivity index (χ2v) is 6.11. The number of halogens is 1. The topological polar surface area (TPSA) is 60.2 Å². The van der Waals surface area contributed by atoms with Gasteiger partial charge in [0, 0.05) is 11.1 Å². The number of hydrogen-bond acceptors (Lipinski definition) is 5. The van der Waals surface area contributed by atoms with E-state index in [9.17, 15) is 0 Å². The lowest BCUT2D eigenvalue weighted by Gasteiger charge is -2.16. The highest BCUT2D eigenvalue weighted by Gasteiger charge is 2.16. The summed E-state index contributed by atoms with van der Waals surface area (Å²) < 4.78 is 6.37. The number of hydrogen-bond donors (Lipinski definition) is 2. The quantitative estimate of drug-likeness (QED) is 0.657. The summed E-state index contributed by atoms with van der Waals surface area (Å²) in [4.78, 5) is 5.23. The Kier molecular flexibility index (Phi) is 4.76. The van der Waals surface area contributed by atoms with E-state index in [4.69, 9.17) is 22.2 Å². The van der Waals surface area contributed by atoms with Gasteiger partial charge < -0.3 is 4.74 Å². The largest absolute Gasteiger partial charge is 0.489 e. The van der Waals surface area contributed by atoms with Gasteiger partial charge in [-0.2, -0.15) is 0 Å². The summed E-state index contributed by atoms with van der Waals surface area (Å²) >= 11 is 7.45. The molecule has 0 aromatic carbocycles. The first-order valence-corrected chi connectivity index (χ1v) is 7.12. The molecule has 3 N–H and O–H groups in total. The average Bonchev–Trinajstić information content (AvgIpc) is 2.76. The second-order valence-electron chi connectivity index (χ2n) is 4.36. The predicted molar refractivity (Wildman–Crippen MR) is 78.5 cm³/mol. The number of ether oxygens (including phenoxy) is 1. The summed E-state index contributed by atoms with van der Waals surface area (Å²) in [7, 11) is 0. The Hall–Kier alpha value is -1.14. The Bertz CT molecular complexity index is 544. The third kappa shape index (κ3) is 3.67. The zero-order chi connectivity index (χ0) is 13.8. The van der Waals surface area contributed by atoms with Gasteiger partial charge in [0.1, 0.15) is 5.75 Å². The van der Waals surface area contributed by atoms with Crippen molar-refractivity contribution in [2.24, 2.45) is 5.84 Å². The molecule has 0 amide bonds. The maximum Gasteiger partial charge on any atom is 0.138 e. The summed E-state index contributed by atoms with van der Waals surface area (Å²) in [6.45, 7) is 3.95. The van der Waals surface area contributed by atoms with Gasteiger partial charge >= 0.3 is 0 Å². The first kappa shape index (κ1) is 14.3. The predicted octanol–water partition coefficient (Wildman–Crippen LogP) is 3.14. The highest BCUT2D eigenvalue weighted by Crippen LogP contribution is 2.31. The molecule has 2 aromatic rings. The first-order chi connectivity index (χ1) is 9.10. The monoisotopic (exact) mass is 297 g/mol. The molecule has 0 aliphatic carbocycles. The van der Waals surface area contributed by atoms with Crippen LogP contribution in [0, 0.1) is 0 Å². The molecule has 0 spiro atoms. The smallest absolute Gasteiger partial charge is 0.138 e. The zero-order valence-corrected chi connectivity index (χ0v) is 12.3. The fourth-order valence-corrected chi connectivity index (χ4v) is 2.91. The van der Waals surface area contributed by atoms with Crippen molar-refractivity contribution >= 4 is 22.9 Å². The van der Waals surface area contributed by atoms with Crippen molar-refractivity contribution in [2.75, 3.05) is 0 Å². The SMILES string of the molecule is CC(C)Oc1cncc(C(NN)c2ccc(Cl)s2)c1. The Morgan fingerprint density at radius 1 is 1.37 bits per heavy atom. The number of aromatic nitrogens is 1. The fourth-order valence-electron chi connectivity index (χ4n) is 1.76. The van der Waals surface area contributed by atoms with Gasteiger partial charge in [-0.3, -0.25) is 10.8 Å². The van der Waals surface area contributed by atoms with Crippen LogP contribution in [0.25, 0.3) is 0 Å². The molecule has 0 aliphatic heterocycles. The van der Waals surface area contributed by atoms with Crippen LogP contribution in [0.15, 0.2) is 30.6 Å². The lowest BCUT2D eigenvalue weighted by molar-refractivity contribution is 0.241. The molecule has 19 heavy (non-hydrogen) atoms. The minimum atomic E-state index is -0.138. The number of nitrogens with two attached hydrogens (primary N) is 1. The number of nitrogens with zero attached hydrogens (tertiary/aromatic N) is 1. The van der Waals surface area contributed by atoms with E-state index in [1.165, 1.54) is 11.3 Å². The Labute approximate surface area is 121 Å². The molecule has 0 aliphatic rings. The summed E-state index contributed by atoms with van der Waals surface area (Å²) in [5, 5.41) is 0. The molecule has 0 fully saturated rings. The van der Waals surface area contributed by atoms with Gasteiger partial charge in [-0.25, -0.2) is 5.43 Å². The highest BCUT2D eigenvalue weighted by molar-refractivity contribution is 7.16. The number of pyridine rings is 1. The van der Waals surface area contributed by atoms with E-state index in [1.54, 1.807) is 12.4 Å². The molecule has 1 unspecified atom stereocenters. The standard InChI is InChI=1S/C13H16ClN3OS/c1-8(2)18-10-5-9(6-16-7-10)13(17-15)11-3-4-12(14)19-11/h3-8,13,17H,15H2,1-2H3. The van der Waals surface area contributed by atoms with Gasteiger partial charge in [0.2, 0.25) is 0 Å². The Balaban J connectivity index is 2.28. The Morgan fingerprint density at radius 3 is 2.74 bits per heavy atom. The number of thiophene rings is 1. The third-order valence-electron chi connectivity index (χ3n) is 2.48. The van der Waals surface area contributed by atoms with Crippen molar-refractivity contribution in [3.63, 3.8) is 0 Å². The molecule has 0 saturated heterocycles. The van der Waals surface area contributed by atoms with Crippen molar-refractivity contribution in [2.45, 2.75) is 26.0 Å². The van der Waals surface area contributed by atoms with E-state index >= 15 is 0 Å². The molecule has 4 nitrogen and oxygen atoms in total. The molecule has 0 bridgehead atoms. The van der Waals surface area contributed by atoms with E-state index in [-0.39, 0.29) is 12.1 Å². The molecule has 6 heteroatoms. The number of hydrazine groups is 1. The molecular formula is C13H16ClN3OS. The normalized spacial score (nSPS) is 12.7. The van der Waals surface area contributed by atoms with Crippen molar-refractivity contribution < 1.29 is 4.74 Å². The van der Waals surface area contributed by atoms with Crippen LogP contribution in [-0.4, -0.2) is 11.1 Å². The van der Waals surface area contributed by atoms with Crippen LogP contribution in [0.4, 0.5) is 0 Å². The molecular weight excluding hydrogens is 282 g/mol. The average molecular weight is 298 g/mol. The van der Waals surface area contributed by atoms with Crippen LogP contribution in [0.1, 0.15) is 30.3 Å². The molecule has 2 rings (SSSR count). The molecule has 2 aromatic heterocycles. The summed E-state index contributed by atoms with van der Waals surface area (Å²) in [5.74, 6) is 6.37. The molecule has 102 valence electrons. The van der Waals surface area contributed by atoms with Crippen LogP contribution in [0.2, 0.25) is 4.34 Å². The van der Waals surface area contributed by atoms with Crippen LogP contribution < -0.4 is 16.0 Å². The lowest BCUT2D eigenvalue weighted by Crippen LogP contribution is -2.28. The fraction of sp³-hybridized carbons (Fsp3) is 0.308. The van der Waals surface area contributed by atoms with Crippen molar-refractivity contribution in [3.05, 3.63) is 45.4 Å². The van der Waals surface area contributed by atoms with Crippen LogP contribution in [-0.2, 0) is 0 Å². The minimum absolute atomic E-state index is 0.109. The zero-order valence-electron chi connectivity index (χ0n) is 10.8.